The Kier molecular flexibility index (Phi) is 4.17. The van der Waals surface area contributed by atoms with Gasteiger partial charge >= 0.3 is 0 Å². The van der Waals surface area contributed by atoms with E-state index in [2.05, 4.69) is 24.5 Å². The van der Waals surface area contributed by atoms with Crippen LogP contribution in [0.3, 0.4) is 0 Å². The van der Waals surface area contributed by atoms with E-state index in [9.17, 15) is 0 Å². The zero-order chi connectivity index (χ0) is 12.3. The average molecular weight is 254 g/mol. The summed E-state index contributed by atoms with van der Waals surface area (Å²) in [6, 6.07) is 0. The van der Waals surface area contributed by atoms with Crippen LogP contribution in [0.2, 0.25) is 0 Å². The van der Waals surface area contributed by atoms with Gasteiger partial charge in [-0.25, -0.2) is 4.98 Å². The molecule has 4 heteroatoms. The lowest BCUT2D eigenvalue weighted by Crippen LogP contribution is -2.45. The van der Waals surface area contributed by atoms with E-state index in [-0.39, 0.29) is 5.54 Å². The van der Waals surface area contributed by atoms with Gasteiger partial charge in [0, 0.05) is 24.7 Å². The Hall–Kier alpha value is -0.450. The summed E-state index contributed by atoms with van der Waals surface area (Å²) in [5.41, 5.74) is 1.23. The summed E-state index contributed by atoms with van der Waals surface area (Å²) in [7, 11) is 1.75. The van der Waals surface area contributed by atoms with E-state index in [1.807, 2.05) is 0 Å². The molecule has 1 aliphatic carbocycles. The van der Waals surface area contributed by atoms with Crippen LogP contribution in [-0.4, -0.2) is 25.2 Å². The first-order chi connectivity index (χ1) is 8.19. The maximum Gasteiger partial charge on any atom is 0.113 e. The topological polar surface area (TPSA) is 34.1 Å². The van der Waals surface area contributed by atoms with Crippen LogP contribution < -0.4 is 5.32 Å². The molecular formula is C13H22N2OS. The number of ether oxygens (including phenoxy) is 1. The Morgan fingerprint density at radius 2 is 2.47 bits per heavy atom. The van der Waals surface area contributed by atoms with E-state index in [1.54, 1.807) is 18.4 Å². The predicted octanol–water partition coefficient (Wildman–Crippen LogP) is 2.70. The molecule has 0 radical (unpaired) electrons. The molecule has 17 heavy (non-hydrogen) atoms. The van der Waals surface area contributed by atoms with Crippen LogP contribution >= 0.6 is 11.3 Å². The Morgan fingerprint density at radius 3 is 3.00 bits per heavy atom. The van der Waals surface area contributed by atoms with Crippen LogP contribution in [0.1, 0.15) is 36.9 Å². The quantitative estimate of drug-likeness (QED) is 0.820. The zero-order valence-corrected chi connectivity index (χ0v) is 11.8. The van der Waals surface area contributed by atoms with Crippen molar-refractivity contribution in [1.29, 1.82) is 0 Å². The summed E-state index contributed by atoms with van der Waals surface area (Å²) in [5.74, 6) is 0.657. The fourth-order valence-corrected chi connectivity index (χ4v) is 3.89. The molecule has 1 saturated carbocycles. The number of nitrogens with zero attached hydrogens (tertiary/aromatic N) is 1. The van der Waals surface area contributed by atoms with Crippen molar-refractivity contribution in [3.63, 3.8) is 0 Å². The van der Waals surface area contributed by atoms with Crippen molar-refractivity contribution >= 4 is 11.3 Å². The fourth-order valence-electron chi connectivity index (χ4n) is 2.77. The molecule has 0 saturated heterocycles. The molecule has 1 heterocycles. The zero-order valence-electron chi connectivity index (χ0n) is 11.0. The summed E-state index contributed by atoms with van der Waals surface area (Å²) >= 11 is 1.79. The van der Waals surface area contributed by atoms with Crippen molar-refractivity contribution in [2.45, 2.75) is 38.6 Å². The van der Waals surface area contributed by atoms with Gasteiger partial charge in [-0.05, 0) is 25.7 Å². The van der Waals surface area contributed by atoms with Crippen LogP contribution in [-0.2, 0) is 10.3 Å². The maximum absolute atomic E-state index is 5.14. The van der Waals surface area contributed by atoms with Crippen LogP contribution in [0.25, 0.3) is 0 Å². The summed E-state index contributed by atoms with van der Waals surface area (Å²) in [6.07, 6.45) is 3.78. The first kappa shape index (κ1) is 13.0. The van der Waals surface area contributed by atoms with Crippen LogP contribution in [0.4, 0.5) is 0 Å². The molecule has 1 aromatic heterocycles. The molecule has 2 rings (SSSR count). The van der Waals surface area contributed by atoms with Crippen molar-refractivity contribution in [3.05, 3.63) is 16.1 Å². The lowest BCUT2D eigenvalue weighted by molar-refractivity contribution is 0.172. The molecular weight excluding hydrogens is 232 g/mol. The van der Waals surface area contributed by atoms with Crippen molar-refractivity contribution in [2.75, 3.05) is 20.3 Å². The van der Waals surface area contributed by atoms with E-state index in [0.717, 1.165) is 18.8 Å². The Labute approximate surface area is 108 Å². The third-order valence-electron chi connectivity index (χ3n) is 3.80. The highest BCUT2D eigenvalue weighted by molar-refractivity contribution is 7.09. The molecule has 1 aliphatic rings. The molecule has 0 aliphatic heterocycles. The first-order valence-electron chi connectivity index (χ1n) is 6.35. The molecule has 1 aromatic rings. The highest BCUT2D eigenvalue weighted by atomic mass is 32.1. The van der Waals surface area contributed by atoms with Crippen molar-refractivity contribution < 1.29 is 4.74 Å². The number of thiazole rings is 1. The van der Waals surface area contributed by atoms with Crippen LogP contribution in [0.5, 0.6) is 0 Å². The summed E-state index contributed by atoms with van der Waals surface area (Å²) in [5, 5.41) is 7.11. The second-order valence-electron chi connectivity index (χ2n) is 4.98. The largest absolute Gasteiger partial charge is 0.383 e. The second-order valence-corrected chi connectivity index (χ2v) is 5.84. The number of rotatable bonds is 5. The van der Waals surface area contributed by atoms with Crippen molar-refractivity contribution in [3.8, 4) is 0 Å². The molecule has 0 amide bonds. The first-order valence-corrected chi connectivity index (χ1v) is 7.23. The van der Waals surface area contributed by atoms with Crippen molar-refractivity contribution in [1.82, 2.24) is 10.3 Å². The molecule has 1 N–H and O–H groups in total. The van der Waals surface area contributed by atoms with Crippen LogP contribution in [0, 0.1) is 12.8 Å². The highest BCUT2D eigenvalue weighted by Crippen LogP contribution is 2.44. The van der Waals surface area contributed by atoms with Gasteiger partial charge in [0.05, 0.1) is 12.1 Å². The Bertz CT molecular complexity index is 366. The number of hydrogen-bond acceptors (Lipinski definition) is 4. The lowest BCUT2D eigenvalue weighted by atomic mass is 9.89. The normalized spacial score (nSPS) is 28.8. The van der Waals surface area contributed by atoms with E-state index in [4.69, 9.17) is 9.72 Å². The Morgan fingerprint density at radius 1 is 1.65 bits per heavy atom. The minimum Gasteiger partial charge on any atom is -0.383 e. The number of methoxy groups -OCH3 is 1. The van der Waals surface area contributed by atoms with Crippen molar-refractivity contribution in [2.24, 2.45) is 5.92 Å². The van der Waals surface area contributed by atoms with Gasteiger partial charge in [0.15, 0.2) is 0 Å². The van der Waals surface area contributed by atoms with Gasteiger partial charge in [-0.2, -0.15) is 0 Å². The third-order valence-corrected chi connectivity index (χ3v) is 4.93. The monoisotopic (exact) mass is 254 g/mol. The SMILES string of the molecule is COCCNC1(c2nc(C)cs2)CCCC1C. The van der Waals surface area contributed by atoms with Crippen LogP contribution in [0.15, 0.2) is 5.38 Å². The minimum absolute atomic E-state index is 0.0947. The Balaban J connectivity index is 2.18. The highest BCUT2D eigenvalue weighted by Gasteiger charge is 2.43. The third kappa shape index (κ3) is 2.54. The summed E-state index contributed by atoms with van der Waals surface area (Å²) in [6.45, 7) is 6.07. The van der Waals surface area contributed by atoms with Gasteiger partial charge in [0.25, 0.3) is 0 Å². The van der Waals surface area contributed by atoms with E-state index < -0.39 is 0 Å². The number of aryl methyl sites for hydroxylation is 1. The molecule has 1 fully saturated rings. The lowest BCUT2D eigenvalue weighted by Gasteiger charge is -2.33. The van der Waals surface area contributed by atoms with Gasteiger partial charge in [0.2, 0.25) is 0 Å². The van der Waals surface area contributed by atoms with E-state index >= 15 is 0 Å². The molecule has 2 unspecified atom stereocenters. The summed E-state index contributed by atoms with van der Waals surface area (Å²) in [4.78, 5) is 4.71. The second kappa shape index (κ2) is 5.46. The molecule has 3 nitrogen and oxygen atoms in total. The number of aromatic nitrogens is 1. The molecule has 2 atom stereocenters. The van der Waals surface area contributed by atoms with Gasteiger partial charge in [-0.1, -0.05) is 13.3 Å². The predicted molar refractivity (Wildman–Crippen MR) is 71.4 cm³/mol. The number of nitrogens with one attached hydrogen (secondary N) is 1. The molecule has 0 aromatic carbocycles. The summed E-state index contributed by atoms with van der Waals surface area (Å²) < 4.78 is 5.14. The van der Waals surface area contributed by atoms with E-state index in [0.29, 0.717) is 5.92 Å². The van der Waals surface area contributed by atoms with Gasteiger partial charge in [0.1, 0.15) is 5.01 Å². The van der Waals surface area contributed by atoms with Gasteiger partial charge < -0.3 is 10.1 Å². The van der Waals surface area contributed by atoms with E-state index in [1.165, 1.54) is 24.3 Å². The van der Waals surface area contributed by atoms with Gasteiger partial charge in [-0.3, -0.25) is 0 Å². The standard InChI is InChI=1S/C13H22N2OS/c1-10-5-4-6-13(10,14-7-8-16-3)12-15-11(2)9-17-12/h9-10,14H,4-8H2,1-3H3. The average Bonchev–Trinajstić information content (AvgIpc) is 2.87. The fraction of sp³-hybridized carbons (Fsp3) is 0.769. The minimum atomic E-state index is 0.0947. The maximum atomic E-state index is 5.14. The molecule has 0 bridgehead atoms. The molecule has 0 spiro atoms. The molecule has 96 valence electrons. The number of hydrogen-bond donors (Lipinski definition) is 1. The smallest absolute Gasteiger partial charge is 0.113 e. The van der Waals surface area contributed by atoms with Gasteiger partial charge in [-0.15, -0.1) is 11.3 Å².